The fraction of sp³-hybridized carbons (Fsp3) is 0.0400. The third kappa shape index (κ3) is 2.60. The van der Waals surface area contributed by atoms with Crippen LogP contribution in [0.1, 0.15) is 11.1 Å². The number of rotatable bonds is 2. The van der Waals surface area contributed by atoms with Gasteiger partial charge < -0.3 is 0 Å². The lowest BCUT2D eigenvalue weighted by atomic mass is 9.91. The summed E-state index contributed by atoms with van der Waals surface area (Å²) < 4.78 is 1.12. The van der Waals surface area contributed by atoms with Crippen molar-refractivity contribution in [1.29, 1.82) is 0 Å². The molecule has 0 N–H and O–H groups in total. The van der Waals surface area contributed by atoms with Crippen molar-refractivity contribution in [2.24, 2.45) is 0 Å². The molecule has 5 rings (SSSR count). The van der Waals surface area contributed by atoms with Crippen LogP contribution in [0.4, 0.5) is 0 Å². The number of hydrogen-bond acceptors (Lipinski definition) is 0. The predicted molar refractivity (Wildman–Crippen MR) is 116 cm³/mol. The van der Waals surface area contributed by atoms with Crippen LogP contribution in [-0.2, 0) is 6.42 Å². The third-order valence-electron chi connectivity index (χ3n) is 5.14. The zero-order chi connectivity index (χ0) is 17.5. The van der Waals surface area contributed by atoms with Crippen LogP contribution in [0.25, 0.3) is 32.3 Å². The zero-order valence-corrected chi connectivity index (χ0v) is 15.8. The second kappa shape index (κ2) is 6.26. The van der Waals surface area contributed by atoms with E-state index < -0.39 is 0 Å². The molecule has 0 spiro atoms. The van der Waals surface area contributed by atoms with Gasteiger partial charge in [0.2, 0.25) is 0 Å². The Balaban J connectivity index is 1.85. The molecule has 0 aromatic heterocycles. The lowest BCUT2D eigenvalue weighted by molar-refractivity contribution is 1.22. The average Bonchev–Trinajstić information content (AvgIpc) is 2.69. The zero-order valence-electron chi connectivity index (χ0n) is 14.2. The number of halogens is 1. The van der Waals surface area contributed by atoms with Crippen LogP contribution in [-0.4, -0.2) is 0 Å². The van der Waals surface area contributed by atoms with Gasteiger partial charge in [-0.2, -0.15) is 0 Å². The normalized spacial score (nSPS) is 11.4. The fourth-order valence-corrected chi connectivity index (χ4v) is 4.18. The Hall–Kier alpha value is -2.64. The van der Waals surface area contributed by atoms with Crippen molar-refractivity contribution >= 4 is 48.2 Å². The molecule has 0 nitrogen and oxygen atoms in total. The van der Waals surface area contributed by atoms with Crippen molar-refractivity contribution in [3.05, 3.63) is 107 Å². The van der Waals surface area contributed by atoms with Crippen molar-refractivity contribution in [3.63, 3.8) is 0 Å². The average molecular weight is 397 g/mol. The second-order valence-corrected chi connectivity index (χ2v) is 7.69. The summed E-state index contributed by atoms with van der Waals surface area (Å²) in [5.74, 6) is 0. The molecule has 26 heavy (non-hydrogen) atoms. The predicted octanol–water partition coefficient (Wildman–Crippen LogP) is 7.50. The van der Waals surface area contributed by atoms with Gasteiger partial charge in [-0.25, -0.2) is 0 Å². The smallest absolute Gasteiger partial charge is 0.0175 e. The van der Waals surface area contributed by atoms with E-state index in [9.17, 15) is 0 Å². The van der Waals surface area contributed by atoms with Gasteiger partial charge in [0.1, 0.15) is 0 Å². The van der Waals surface area contributed by atoms with E-state index >= 15 is 0 Å². The molecule has 0 atom stereocenters. The summed E-state index contributed by atoms with van der Waals surface area (Å²) in [6, 6.07) is 33.0. The quantitative estimate of drug-likeness (QED) is 0.271. The first kappa shape index (κ1) is 15.6. The van der Waals surface area contributed by atoms with Crippen LogP contribution in [0.15, 0.2) is 95.5 Å². The van der Waals surface area contributed by atoms with Gasteiger partial charge >= 0.3 is 0 Å². The summed E-state index contributed by atoms with van der Waals surface area (Å²) in [6.07, 6.45) is 0.937. The molecule has 1 heteroatoms. The van der Waals surface area contributed by atoms with E-state index in [1.54, 1.807) is 0 Å². The minimum atomic E-state index is 0.937. The summed E-state index contributed by atoms with van der Waals surface area (Å²) in [6.45, 7) is 0. The van der Waals surface area contributed by atoms with Gasteiger partial charge in [-0.15, -0.1) is 0 Å². The Kier molecular flexibility index (Phi) is 3.76. The molecule has 124 valence electrons. The van der Waals surface area contributed by atoms with Crippen molar-refractivity contribution in [2.75, 3.05) is 0 Å². The lowest BCUT2D eigenvalue weighted by Crippen LogP contribution is -1.92. The summed E-state index contributed by atoms with van der Waals surface area (Å²) in [7, 11) is 0. The van der Waals surface area contributed by atoms with Crippen molar-refractivity contribution < 1.29 is 0 Å². The summed E-state index contributed by atoms with van der Waals surface area (Å²) >= 11 is 3.53. The highest BCUT2D eigenvalue weighted by Crippen LogP contribution is 2.35. The SMILES string of the molecule is Brc1ccc(Cc2cc3ccccc3c3c2ccc2ccccc23)cc1. The van der Waals surface area contributed by atoms with E-state index in [1.807, 2.05) is 0 Å². The third-order valence-corrected chi connectivity index (χ3v) is 5.67. The van der Waals surface area contributed by atoms with E-state index in [-0.39, 0.29) is 0 Å². The second-order valence-electron chi connectivity index (χ2n) is 6.77. The molecular weight excluding hydrogens is 380 g/mol. The largest absolute Gasteiger partial charge is 0.0616 e. The van der Waals surface area contributed by atoms with E-state index in [2.05, 4.69) is 107 Å². The molecule has 5 aromatic carbocycles. The molecule has 0 aliphatic heterocycles. The van der Waals surface area contributed by atoms with Gasteiger partial charge in [-0.3, -0.25) is 0 Å². The lowest BCUT2D eigenvalue weighted by Gasteiger charge is -2.13. The highest BCUT2D eigenvalue weighted by Gasteiger charge is 2.10. The first-order valence-electron chi connectivity index (χ1n) is 8.86. The highest BCUT2D eigenvalue weighted by molar-refractivity contribution is 9.10. The Morgan fingerprint density at radius 1 is 0.577 bits per heavy atom. The van der Waals surface area contributed by atoms with Gasteiger partial charge in [0.15, 0.2) is 0 Å². The summed E-state index contributed by atoms with van der Waals surface area (Å²) in [5, 5.41) is 7.99. The molecule has 0 unspecified atom stereocenters. The van der Waals surface area contributed by atoms with Crippen LogP contribution in [0, 0.1) is 0 Å². The molecular formula is C25H17Br. The van der Waals surface area contributed by atoms with E-state index in [4.69, 9.17) is 0 Å². The Morgan fingerprint density at radius 3 is 2.00 bits per heavy atom. The van der Waals surface area contributed by atoms with Gasteiger partial charge in [0, 0.05) is 4.47 Å². The summed E-state index contributed by atoms with van der Waals surface area (Å²) in [4.78, 5) is 0. The maximum Gasteiger partial charge on any atom is 0.0175 e. The van der Waals surface area contributed by atoms with Crippen LogP contribution in [0.2, 0.25) is 0 Å². The molecule has 0 saturated heterocycles. The first-order valence-corrected chi connectivity index (χ1v) is 9.65. The number of hydrogen-bond donors (Lipinski definition) is 0. The monoisotopic (exact) mass is 396 g/mol. The summed E-state index contributed by atoms with van der Waals surface area (Å²) in [5.41, 5.74) is 2.71. The van der Waals surface area contributed by atoms with Crippen LogP contribution >= 0.6 is 15.9 Å². The maximum absolute atomic E-state index is 3.53. The van der Waals surface area contributed by atoms with Gasteiger partial charge in [0.25, 0.3) is 0 Å². The molecule has 0 aliphatic carbocycles. The number of fused-ring (bicyclic) bond motifs is 5. The molecule has 0 amide bonds. The Morgan fingerprint density at radius 2 is 1.23 bits per heavy atom. The van der Waals surface area contributed by atoms with E-state index in [0.717, 1.165) is 10.9 Å². The first-order chi connectivity index (χ1) is 12.8. The Bertz CT molecular complexity index is 1230. The van der Waals surface area contributed by atoms with Gasteiger partial charge in [-0.1, -0.05) is 94.8 Å². The molecule has 5 aromatic rings. The van der Waals surface area contributed by atoms with Gasteiger partial charge in [-0.05, 0) is 62.0 Å². The minimum absolute atomic E-state index is 0.937. The molecule has 0 heterocycles. The van der Waals surface area contributed by atoms with E-state index in [0.29, 0.717) is 0 Å². The number of benzene rings is 5. The van der Waals surface area contributed by atoms with Crippen molar-refractivity contribution in [3.8, 4) is 0 Å². The Labute approximate surface area is 161 Å². The molecule has 0 radical (unpaired) electrons. The van der Waals surface area contributed by atoms with E-state index in [1.165, 1.54) is 43.4 Å². The van der Waals surface area contributed by atoms with Crippen molar-refractivity contribution in [1.82, 2.24) is 0 Å². The maximum atomic E-state index is 3.53. The molecule has 0 aliphatic rings. The molecule has 0 bridgehead atoms. The van der Waals surface area contributed by atoms with Crippen LogP contribution in [0.5, 0.6) is 0 Å². The molecule has 0 fully saturated rings. The van der Waals surface area contributed by atoms with Crippen LogP contribution in [0.3, 0.4) is 0 Å². The minimum Gasteiger partial charge on any atom is -0.0616 e. The van der Waals surface area contributed by atoms with Crippen molar-refractivity contribution in [2.45, 2.75) is 6.42 Å². The molecule has 0 saturated carbocycles. The standard InChI is InChI=1S/C25H17Br/c26-21-12-9-17(10-13-21)15-20-16-19-6-2-4-8-23(19)25-22-7-3-1-5-18(22)11-14-24(20)25/h1-14,16H,15H2. The van der Waals surface area contributed by atoms with Gasteiger partial charge in [0.05, 0.1) is 0 Å². The fourth-order valence-electron chi connectivity index (χ4n) is 3.91. The highest BCUT2D eigenvalue weighted by atomic mass is 79.9. The topological polar surface area (TPSA) is 0 Å². The van der Waals surface area contributed by atoms with Crippen LogP contribution < -0.4 is 0 Å².